The molecule has 0 spiro atoms. The molecule has 4 N–H and O–H groups in total. The number of nitrogens with two attached hydrogens (primary N) is 1. The Morgan fingerprint density at radius 2 is 1.93 bits per heavy atom. The summed E-state index contributed by atoms with van der Waals surface area (Å²) in [6.07, 6.45) is 0. The van der Waals surface area contributed by atoms with Gasteiger partial charge < -0.3 is 15.8 Å². The molecule has 2 aromatic carbocycles. The molecular weight excluding hydrogens is 424 g/mol. The Morgan fingerprint density at radius 3 is 2.59 bits per heavy atom. The average Bonchev–Trinajstić information content (AvgIpc) is 3.13. The summed E-state index contributed by atoms with van der Waals surface area (Å²) >= 11 is 1.41. The van der Waals surface area contributed by atoms with Gasteiger partial charge in [-0.2, -0.15) is 0 Å². The van der Waals surface area contributed by atoms with Gasteiger partial charge in [-0.3, -0.25) is 4.79 Å². The lowest BCUT2D eigenvalue weighted by atomic mass is 9.93. The van der Waals surface area contributed by atoms with Crippen molar-refractivity contribution in [3.63, 3.8) is 0 Å². The molecule has 0 amide bonds. The number of aromatic hydroxyl groups is 1. The molecule has 27 heavy (non-hydrogen) atoms. The maximum absolute atomic E-state index is 12.4. The normalized spacial score (nSPS) is 12.3. The molecule has 0 fully saturated rings. The summed E-state index contributed by atoms with van der Waals surface area (Å²) in [5, 5.41) is 14.4. The summed E-state index contributed by atoms with van der Waals surface area (Å²) in [5.41, 5.74) is 10.1. The molecule has 0 aliphatic heterocycles. The van der Waals surface area contributed by atoms with E-state index < -0.39 is 0 Å². The number of benzene rings is 2. The first-order valence-corrected chi connectivity index (χ1v) is 9.45. The lowest BCUT2D eigenvalue weighted by molar-refractivity contribution is 0.477. The number of fused-ring (bicyclic) bond motifs is 3. The van der Waals surface area contributed by atoms with Crippen LogP contribution in [0.5, 0.6) is 5.75 Å². The van der Waals surface area contributed by atoms with Crippen LogP contribution in [0.1, 0.15) is 24.0 Å². The highest BCUT2D eigenvalue weighted by molar-refractivity contribution is 8.93. The number of halogens is 1. The van der Waals surface area contributed by atoms with Gasteiger partial charge in [-0.25, -0.2) is 0 Å². The number of hydrogen-bond donors (Lipinski definition) is 3. The Hall–Kier alpha value is -2.15. The highest BCUT2D eigenvalue weighted by Gasteiger charge is 2.17. The summed E-state index contributed by atoms with van der Waals surface area (Å²) in [6, 6.07) is 11.8. The number of hydrogen-bond acceptors (Lipinski definition) is 4. The Kier molecular flexibility index (Phi) is 5.42. The van der Waals surface area contributed by atoms with Gasteiger partial charge in [0.15, 0.2) is 0 Å². The molecule has 0 saturated heterocycles. The molecule has 4 nitrogen and oxygen atoms in total. The van der Waals surface area contributed by atoms with Crippen molar-refractivity contribution >= 4 is 49.3 Å². The molecule has 4 rings (SSSR count). The third-order valence-electron chi connectivity index (χ3n) is 5.00. The topological polar surface area (TPSA) is 79.1 Å². The van der Waals surface area contributed by atoms with E-state index in [0.717, 1.165) is 33.0 Å². The Balaban J connectivity index is 0.00000210. The van der Waals surface area contributed by atoms with Gasteiger partial charge in [0.1, 0.15) is 10.4 Å². The van der Waals surface area contributed by atoms with E-state index in [0.29, 0.717) is 11.2 Å². The maximum atomic E-state index is 12.4. The fourth-order valence-corrected chi connectivity index (χ4v) is 4.28. The molecule has 1 unspecified atom stereocenters. The Bertz CT molecular complexity index is 1180. The molecule has 6 heteroatoms. The van der Waals surface area contributed by atoms with Crippen LogP contribution in [0.15, 0.2) is 46.6 Å². The number of phenolic OH excluding ortho intramolecular Hbond substituents is 1. The molecule has 1 atom stereocenters. The molecular formula is C21H21BrN2O2S. The van der Waals surface area contributed by atoms with Crippen molar-refractivity contribution in [1.29, 1.82) is 0 Å². The number of aromatic amines is 1. The van der Waals surface area contributed by atoms with Gasteiger partial charge in [0.05, 0.1) is 5.52 Å². The number of thiophene rings is 1. The minimum atomic E-state index is -0.0886. The fourth-order valence-electron chi connectivity index (χ4n) is 3.49. The summed E-state index contributed by atoms with van der Waals surface area (Å²) in [7, 11) is 0. The highest BCUT2D eigenvalue weighted by Crippen LogP contribution is 2.41. The first-order valence-electron chi connectivity index (χ1n) is 8.57. The van der Waals surface area contributed by atoms with Crippen molar-refractivity contribution in [2.45, 2.75) is 19.8 Å². The van der Waals surface area contributed by atoms with Crippen LogP contribution in [0.25, 0.3) is 32.1 Å². The van der Waals surface area contributed by atoms with E-state index >= 15 is 0 Å². The standard InChI is InChI=1S/C21H20N2O2S.BrH/c1-11-9-16(24)17(14-5-3-13(4-6-14)12(2)10-22)18-15-7-8-26-20(15)21(25)23-19(11)18;/h3-9,12,24H,10,22H2,1-2H3,(H,23,25);1H. The zero-order chi connectivity index (χ0) is 18.4. The smallest absolute Gasteiger partial charge is 0.266 e. The number of H-pyrrole nitrogens is 1. The van der Waals surface area contributed by atoms with Crippen molar-refractivity contribution in [2.24, 2.45) is 5.73 Å². The minimum absolute atomic E-state index is 0. The van der Waals surface area contributed by atoms with E-state index in [-0.39, 0.29) is 34.2 Å². The van der Waals surface area contributed by atoms with Gasteiger partial charge >= 0.3 is 0 Å². The van der Waals surface area contributed by atoms with Gasteiger partial charge in [-0.1, -0.05) is 31.2 Å². The van der Waals surface area contributed by atoms with Crippen LogP contribution in [-0.2, 0) is 0 Å². The maximum Gasteiger partial charge on any atom is 0.266 e. The van der Waals surface area contributed by atoms with E-state index in [4.69, 9.17) is 5.73 Å². The number of nitrogens with one attached hydrogen (secondary N) is 1. The summed E-state index contributed by atoms with van der Waals surface area (Å²) in [5.74, 6) is 0.501. The monoisotopic (exact) mass is 444 g/mol. The summed E-state index contributed by atoms with van der Waals surface area (Å²) < 4.78 is 0.678. The van der Waals surface area contributed by atoms with E-state index in [1.807, 2.05) is 30.5 Å². The second-order valence-electron chi connectivity index (χ2n) is 6.71. The van der Waals surface area contributed by atoms with E-state index in [2.05, 4.69) is 24.0 Å². The molecule has 0 bridgehead atoms. The third-order valence-corrected chi connectivity index (χ3v) is 5.92. The van der Waals surface area contributed by atoms with Crippen LogP contribution in [0.2, 0.25) is 0 Å². The number of rotatable bonds is 3. The van der Waals surface area contributed by atoms with Gasteiger partial charge in [-0.05, 0) is 53.6 Å². The van der Waals surface area contributed by atoms with Crippen LogP contribution in [0.3, 0.4) is 0 Å². The average molecular weight is 445 g/mol. The van der Waals surface area contributed by atoms with Gasteiger partial charge in [-0.15, -0.1) is 28.3 Å². The van der Waals surface area contributed by atoms with Gasteiger partial charge in [0.25, 0.3) is 5.56 Å². The minimum Gasteiger partial charge on any atom is -0.507 e. The summed E-state index contributed by atoms with van der Waals surface area (Å²) in [4.78, 5) is 15.4. The lowest BCUT2D eigenvalue weighted by Crippen LogP contribution is -2.08. The lowest BCUT2D eigenvalue weighted by Gasteiger charge is -2.14. The zero-order valence-corrected chi connectivity index (χ0v) is 17.6. The molecule has 0 radical (unpaired) electrons. The largest absolute Gasteiger partial charge is 0.507 e. The van der Waals surface area contributed by atoms with E-state index in [1.54, 1.807) is 6.07 Å². The van der Waals surface area contributed by atoms with Crippen LogP contribution in [0, 0.1) is 6.92 Å². The van der Waals surface area contributed by atoms with Crippen molar-refractivity contribution in [3.8, 4) is 16.9 Å². The molecule has 2 heterocycles. The zero-order valence-electron chi connectivity index (χ0n) is 15.1. The van der Waals surface area contributed by atoms with Crippen LogP contribution in [0.4, 0.5) is 0 Å². The van der Waals surface area contributed by atoms with Crippen LogP contribution >= 0.6 is 28.3 Å². The first kappa shape index (κ1) is 19.6. The predicted octanol–water partition coefficient (Wildman–Crippen LogP) is 5.06. The highest BCUT2D eigenvalue weighted by atomic mass is 79.9. The number of aryl methyl sites for hydroxylation is 1. The molecule has 0 saturated carbocycles. The van der Waals surface area contributed by atoms with Crippen molar-refractivity contribution < 1.29 is 5.11 Å². The summed E-state index contributed by atoms with van der Waals surface area (Å²) in [6.45, 7) is 4.58. The molecule has 0 aliphatic rings. The van der Waals surface area contributed by atoms with Crippen molar-refractivity contribution in [1.82, 2.24) is 4.98 Å². The number of aromatic nitrogens is 1. The fraction of sp³-hybridized carbons (Fsp3) is 0.190. The van der Waals surface area contributed by atoms with Crippen LogP contribution in [-0.4, -0.2) is 16.6 Å². The third kappa shape index (κ3) is 3.18. The SMILES string of the molecule is Br.Cc1cc(O)c(-c2ccc(C(C)CN)cc2)c2c1[nH]c(=O)c1sccc12. The first-order chi connectivity index (χ1) is 12.5. The predicted molar refractivity (Wildman–Crippen MR) is 120 cm³/mol. The quantitative estimate of drug-likeness (QED) is 0.412. The second-order valence-corrected chi connectivity index (χ2v) is 7.63. The van der Waals surface area contributed by atoms with E-state index in [1.165, 1.54) is 16.9 Å². The molecule has 140 valence electrons. The molecule has 2 aromatic heterocycles. The second kappa shape index (κ2) is 7.46. The number of phenols is 1. The molecule has 4 aromatic rings. The van der Waals surface area contributed by atoms with Crippen LogP contribution < -0.4 is 11.3 Å². The van der Waals surface area contributed by atoms with Gasteiger partial charge in [0, 0.05) is 16.3 Å². The molecule has 0 aliphatic carbocycles. The van der Waals surface area contributed by atoms with Crippen molar-refractivity contribution in [2.75, 3.05) is 6.54 Å². The van der Waals surface area contributed by atoms with E-state index in [9.17, 15) is 9.90 Å². The van der Waals surface area contributed by atoms with Gasteiger partial charge in [0.2, 0.25) is 0 Å². The van der Waals surface area contributed by atoms with Crippen molar-refractivity contribution in [3.05, 3.63) is 63.3 Å². The Labute approximate surface area is 171 Å². The number of pyridine rings is 1. The Morgan fingerprint density at radius 1 is 1.22 bits per heavy atom.